The Kier molecular flexibility index (Phi) is 6.82. The molecule has 0 aliphatic carbocycles. The molecule has 0 aromatic heterocycles. The van der Waals surface area contributed by atoms with Gasteiger partial charge in [0.2, 0.25) is 0 Å². The van der Waals surface area contributed by atoms with Gasteiger partial charge in [-0.15, -0.1) is 0 Å². The lowest BCUT2D eigenvalue weighted by atomic mass is 9.82. The van der Waals surface area contributed by atoms with Gasteiger partial charge in [0.05, 0.1) is 5.75 Å². The lowest BCUT2D eigenvalue weighted by molar-refractivity contribution is -0.0206. The molecule has 0 bridgehead atoms. The summed E-state index contributed by atoms with van der Waals surface area (Å²) in [5, 5.41) is 0. The average molecular weight is 492 g/mol. The standard InChI is InChI=1S/C27H35F2NO3S/c1-5-34(31,32)17-22-23(28)15-21(16-24(22)29)19-6-7-25-20(14-19)8-9-27(33-25)10-12-30(13-11-27)18-26(2,3)4/h6-7,14-16H,5,8-13,17-18H2,1-4H3. The molecular weight excluding hydrogens is 456 g/mol. The third-order valence-corrected chi connectivity index (χ3v) is 8.59. The molecule has 2 aromatic rings. The molecule has 4 nitrogen and oxygen atoms in total. The molecule has 7 heteroatoms. The van der Waals surface area contributed by atoms with Crippen LogP contribution >= 0.6 is 0 Å². The minimum Gasteiger partial charge on any atom is -0.487 e. The number of hydrogen-bond acceptors (Lipinski definition) is 4. The molecule has 2 heterocycles. The quantitative estimate of drug-likeness (QED) is 0.533. The van der Waals surface area contributed by atoms with Crippen LogP contribution in [0.4, 0.5) is 8.78 Å². The first-order valence-corrected chi connectivity index (χ1v) is 13.9. The minimum atomic E-state index is -3.53. The number of aryl methyl sites for hydroxylation is 1. The molecule has 1 spiro atoms. The van der Waals surface area contributed by atoms with Crippen LogP contribution in [0.15, 0.2) is 30.3 Å². The maximum absolute atomic E-state index is 14.6. The second-order valence-electron chi connectivity index (χ2n) is 11.0. The average Bonchev–Trinajstić information content (AvgIpc) is 2.77. The summed E-state index contributed by atoms with van der Waals surface area (Å²) in [5.74, 6) is -1.60. The predicted molar refractivity (Wildman–Crippen MR) is 132 cm³/mol. The van der Waals surface area contributed by atoms with Gasteiger partial charge in [-0.25, -0.2) is 17.2 Å². The lowest BCUT2D eigenvalue weighted by Gasteiger charge is -2.45. The van der Waals surface area contributed by atoms with Gasteiger partial charge >= 0.3 is 0 Å². The SMILES string of the molecule is CCS(=O)(=O)Cc1c(F)cc(-c2ccc3c(c2)CCC2(CCN(CC(C)(C)C)CC2)O3)cc1F. The fourth-order valence-electron chi connectivity index (χ4n) is 5.07. The molecule has 0 unspecified atom stereocenters. The number of rotatable bonds is 5. The topological polar surface area (TPSA) is 46.6 Å². The van der Waals surface area contributed by atoms with E-state index in [-0.39, 0.29) is 16.8 Å². The summed E-state index contributed by atoms with van der Waals surface area (Å²) in [7, 11) is -3.53. The molecule has 186 valence electrons. The molecule has 0 radical (unpaired) electrons. The Bertz CT molecular complexity index is 1140. The van der Waals surface area contributed by atoms with E-state index in [4.69, 9.17) is 4.74 Å². The highest BCUT2D eigenvalue weighted by Crippen LogP contribution is 2.41. The number of likely N-dealkylation sites (tertiary alicyclic amines) is 1. The maximum atomic E-state index is 14.6. The Morgan fingerprint density at radius 1 is 1.00 bits per heavy atom. The number of benzene rings is 2. The molecule has 0 N–H and O–H groups in total. The number of nitrogens with zero attached hydrogens (tertiary/aromatic N) is 1. The van der Waals surface area contributed by atoms with Crippen molar-refractivity contribution >= 4 is 9.84 Å². The highest BCUT2D eigenvalue weighted by molar-refractivity contribution is 7.90. The number of halogens is 2. The summed E-state index contributed by atoms with van der Waals surface area (Å²) < 4.78 is 59.5. The Morgan fingerprint density at radius 3 is 2.24 bits per heavy atom. The van der Waals surface area contributed by atoms with Crippen molar-refractivity contribution in [3.8, 4) is 16.9 Å². The van der Waals surface area contributed by atoms with E-state index < -0.39 is 32.8 Å². The van der Waals surface area contributed by atoms with Gasteiger partial charge in [-0.1, -0.05) is 33.8 Å². The molecule has 1 saturated heterocycles. The van der Waals surface area contributed by atoms with Crippen LogP contribution in [0.25, 0.3) is 11.1 Å². The molecule has 1 fully saturated rings. The zero-order valence-electron chi connectivity index (χ0n) is 20.6. The number of piperidine rings is 1. The fraction of sp³-hybridized carbons (Fsp3) is 0.556. The second-order valence-corrected chi connectivity index (χ2v) is 13.4. The van der Waals surface area contributed by atoms with Crippen molar-refractivity contribution < 1.29 is 21.9 Å². The molecule has 2 aliphatic heterocycles. The van der Waals surface area contributed by atoms with Crippen molar-refractivity contribution in [1.29, 1.82) is 0 Å². The monoisotopic (exact) mass is 491 g/mol. The third-order valence-electron chi connectivity index (χ3n) is 6.98. The summed E-state index contributed by atoms with van der Waals surface area (Å²) in [6, 6.07) is 8.11. The first kappa shape index (κ1) is 25.1. The van der Waals surface area contributed by atoms with Crippen molar-refractivity contribution in [3.63, 3.8) is 0 Å². The van der Waals surface area contributed by atoms with E-state index in [1.54, 1.807) is 0 Å². The highest BCUT2D eigenvalue weighted by atomic mass is 32.2. The highest BCUT2D eigenvalue weighted by Gasteiger charge is 2.40. The van der Waals surface area contributed by atoms with Crippen molar-refractivity contribution in [2.45, 2.75) is 64.7 Å². The van der Waals surface area contributed by atoms with Crippen LogP contribution in [0.5, 0.6) is 5.75 Å². The van der Waals surface area contributed by atoms with Crippen molar-refractivity contribution in [2.24, 2.45) is 5.41 Å². The van der Waals surface area contributed by atoms with Gasteiger partial charge in [0.25, 0.3) is 0 Å². The molecule has 0 atom stereocenters. The van der Waals surface area contributed by atoms with Gasteiger partial charge in [-0.2, -0.15) is 0 Å². The smallest absolute Gasteiger partial charge is 0.154 e. The lowest BCUT2D eigenvalue weighted by Crippen LogP contribution is -2.51. The molecule has 0 saturated carbocycles. The van der Waals surface area contributed by atoms with Gasteiger partial charge in [-0.3, -0.25) is 0 Å². The van der Waals surface area contributed by atoms with E-state index in [9.17, 15) is 17.2 Å². The summed E-state index contributed by atoms with van der Waals surface area (Å²) in [6.45, 7) is 11.4. The molecule has 34 heavy (non-hydrogen) atoms. The summed E-state index contributed by atoms with van der Waals surface area (Å²) in [4.78, 5) is 2.52. The van der Waals surface area contributed by atoms with Gasteiger partial charge in [0.15, 0.2) is 9.84 Å². The molecule has 0 amide bonds. The van der Waals surface area contributed by atoms with Gasteiger partial charge < -0.3 is 9.64 Å². The Balaban J connectivity index is 1.50. The number of hydrogen-bond donors (Lipinski definition) is 0. The number of sulfone groups is 1. The van der Waals surface area contributed by atoms with E-state index >= 15 is 0 Å². The summed E-state index contributed by atoms with van der Waals surface area (Å²) in [5.41, 5.74) is 1.88. The first-order valence-electron chi connectivity index (χ1n) is 12.1. The number of fused-ring (bicyclic) bond motifs is 1. The van der Waals surface area contributed by atoms with Crippen LogP contribution in [0.3, 0.4) is 0 Å². The zero-order chi connectivity index (χ0) is 24.7. The predicted octanol–water partition coefficient (Wildman–Crippen LogP) is 5.77. The Labute approximate surface area is 202 Å². The summed E-state index contributed by atoms with van der Waals surface area (Å²) >= 11 is 0. The van der Waals surface area contributed by atoms with Crippen molar-refractivity contribution in [2.75, 3.05) is 25.4 Å². The third kappa shape index (κ3) is 5.62. The number of ether oxygens (including phenoxy) is 1. The van der Waals surface area contributed by atoms with E-state index in [1.165, 1.54) is 19.1 Å². The van der Waals surface area contributed by atoms with Gasteiger partial charge in [0.1, 0.15) is 23.0 Å². The zero-order valence-corrected chi connectivity index (χ0v) is 21.4. The van der Waals surface area contributed by atoms with Crippen LogP contribution in [0.1, 0.15) is 58.1 Å². The van der Waals surface area contributed by atoms with Gasteiger partial charge in [-0.05, 0) is 72.1 Å². The maximum Gasteiger partial charge on any atom is 0.154 e. The fourth-order valence-corrected chi connectivity index (χ4v) is 5.99. The van der Waals surface area contributed by atoms with Crippen LogP contribution in [-0.2, 0) is 22.0 Å². The molecule has 4 rings (SSSR count). The van der Waals surface area contributed by atoms with E-state index in [0.29, 0.717) is 11.1 Å². The second kappa shape index (κ2) is 9.23. The normalized spacial score (nSPS) is 18.5. The van der Waals surface area contributed by atoms with Crippen LogP contribution in [0.2, 0.25) is 0 Å². The van der Waals surface area contributed by atoms with Crippen LogP contribution < -0.4 is 4.74 Å². The largest absolute Gasteiger partial charge is 0.487 e. The minimum absolute atomic E-state index is 0.131. The van der Waals surface area contributed by atoms with Gasteiger partial charge in [0, 0.05) is 31.0 Å². The molecule has 2 aromatic carbocycles. The Morgan fingerprint density at radius 2 is 1.65 bits per heavy atom. The first-order chi connectivity index (χ1) is 15.9. The molecule has 2 aliphatic rings. The van der Waals surface area contributed by atoms with E-state index in [1.807, 2.05) is 18.2 Å². The molecular formula is C27H35F2NO3S. The van der Waals surface area contributed by atoms with E-state index in [2.05, 4.69) is 25.7 Å². The Hall–Kier alpha value is -1.99. The van der Waals surface area contributed by atoms with Crippen molar-refractivity contribution in [3.05, 3.63) is 53.1 Å². The van der Waals surface area contributed by atoms with Crippen LogP contribution in [-0.4, -0.2) is 44.3 Å². The summed E-state index contributed by atoms with van der Waals surface area (Å²) in [6.07, 6.45) is 3.80. The van der Waals surface area contributed by atoms with E-state index in [0.717, 1.165) is 56.6 Å². The van der Waals surface area contributed by atoms with Crippen LogP contribution in [0, 0.1) is 17.0 Å². The van der Waals surface area contributed by atoms with Crippen molar-refractivity contribution in [1.82, 2.24) is 4.90 Å².